The van der Waals surface area contributed by atoms with Crippen molar-refractivity contribution >= 4 is 5.91 Å². The number of hydrogen-bond acceptors (Lipinski definition) is 6. The minimum atomic E-state index is -0.844. The predicted molar refractivity (Wildman–Crippen MR) is 135 cm³/mol. The molecular formula is C29H33NO6. The van der Waals surface area contributed by atoms with Crippen LogP contribution in [0.5, 0.6) is 0 Å². The molecule has 1 amide bonds. The summed E-state index contributed by atoms with van der Waals surface area (Å²) in [7, 11) is 0. The molecule has 1 aliphatic heterocycles. The van der Waals surface area contributed by atoms with E-state index < -0.39 is 30.6 Å². The highest BCUT2D eigenvalue weighted by molar-refractivity contribution is 5.73. The number of hydrogen-bond donors (Lipinski definition) is 2. The summed E-state index contributed by atoms with van der Waals surface area (Å²) in [4.78, 5) is 12.2. The van der Waals surface area contributed by atoms with Crippen molar-refractivity contribution in [2.75, 3.05) is 6.61 Å². The van der Waals surface area contributed by atoms with E-state index in [1.165, 1.54) is 6.92 Å². The summed E-state index contributed by atoms with van der Waals surface area (Å²) in [6.07, 6.45) is -2.83. The van der Waals surface area contributed by atoms with Gasteiger partial charge in [0.25, 0.3) is 0 Å². The summed E-state index contributed by atoms with van der Waals surface area (Å²) in [6, 6.07) is 28.6. The third-order valence-corrected chi connectivity index (χ3v) is 6.02. The molecule has 0 saturated carbocycles. The van der Waals surface area contributed by atoms with E-state index in [4.69, 9.17) is 18.9 Å². The van der Waals surface area contributed by atoms with Crippen LogP contribution in [0.4, 0.5) is 0 Å². The summed E-state index contributed by atoms with van der Waals surface area (Å²) < 4.78 is 25.0. The Hall–Kier alpha value is -3.07. The predicted octanol–water partition coefficient (Wildman–Crippen LogP) is 3.60. The molecule has 7 nitrogen and oxygen atoms in total. The molecule has 190 valence electrons. The summed E-state index contributed by atoms with van der Waals surface area (Å²) in [5.74, 6) is -0.241. The number of amides is 1. The summed E-state index contributed by atoms with van der Waals surface area (Å²) in [5, 5.41) is 13.2. The molecule has 1 unspecified atom stereocenters. The second-order valence-electron chi connectivity index (χ2n) is 8.77. The first-order valence-corrected chi connectivity index (χ1v) is 12.1. The molecule has 2 N–H and O–H groups in total. The van der Waals surface area contributed by atoms with Crippen LogP contribution in [0.1, 0.15) is 23.6 Å². The number of benzene rings is 3. The van der Waals surface area contributed by atoms with Gasteiger partial charge < -0.3 is 29.4 Å². The van der Waals surface area contributed by atoms with Crippen LogP contribution in [-0.4, -0.2) is 48.3 Å². The third-order valence-electron chi connectivity index (χ3n) is 6.02. The van der Waals surface area contributed by atoms with Crippen molar-refractivity contribution in [2.24, 2.45) is 0 Å². The van der Waals surface area contributed by atoms with Gasteiger partial charge in [0.2, 0.25) is 5.91 Å². The molecule has 0 aromatic heterocycles. The van der Waals surface area contributed by atoms with Crippen molar-refractivity contribution in [3.63, 3.8) is 0 Å². The van der Waals surface area contributed by atoms with Crippen molar-refractivity contribution < 1.29 is 28.8 Å². The van der Waals surface area contributed by atoms with Gasteiger partial charge in [0.1, 0.15) is 24.4 Å². The van der Waals surface area contributed by atoms with Crippen LogP contribution in [-0.2, 0) is 43.6 Å². The van der Waals surface area contributed by atoms with E-state index in [1.54, 1.807) is 0 Å². The highest BCUT2D eigenvalue weighted by Crippen LogP contribution is 2.29. The third kappa shape index (κ3) is 7.22. The van der Waals surface area contributed by atoms with Crippen LogP contribution >= 0.6 is 0 Å². The van der Waals surface area contributed by atoms with Crippen LogP contribution in [0.3, 0.4) is 0 Å². The molecule has 5 atom stereocenters. The molecule has 3 aromatic carbocycles. The van der Waals surface area contributed by atoms with Crippen LogP contribution in [0.25, 0.3) is 0 Å². The number of carbonyl (C=O) groups is 1. The molecule has 1 heterocycles. The summed E-state index contributed by atoms with van der Waals surface area (Å²) in [6.45, 7) is 2.04. The van der Waals surface area contributed by atoms with Crippen LogP contribution in [0, 0.1) is 0 Å². The zero-order valence-corrected chi connectivity index (χ0v) is 20.4. The van der Waals surface area contributed by atoms with Crippen molar-refractivity contribution in [2.45, 2.75) is 57.4 Å². The van der Waals surface area contributed by atoms with Crippen molar-refractivity contribution in [1.82, 2.24) is 5.32 Å². The largest absolute Gasteiger partial charge is 0.394 e. The maximum absolute atomic E-state index is 12.2. The van der Waals surface area contributed by atoms with Gasteiger partial charge in [-0.1, -0.05) is 91.0 Å². The number of rotatable bonds is 11. The van der Waals surface area contributed by atoms with Crippen molar-refractivity contribution in [3.8, 4) is 0 Å². The fourth-order valence-corrected chi connectivity index (χ4v) is 4.27. The van der Waals surface area contributed by atoms with Gasteiger partial charge in [-0.2, -0.15) is 0 Å². The Bertz CT molecular complexity index is 1050. The first kappa shape index (κ1) is 26.0. The van der Waals surface area contributed by atoms with E-state index in [1.807, 2.05) is 91.0 Å². The number of aliphatic hydroxyl groups is 1. The summed E-state index contributed by atoms with van der Waals surface area (Å²) in [5.41, 5.74) is 2.93. The molecule has 1 aliphatic rings. The molecular weight excluding hydrogens is 458 g/mol. The number of nitrogens with one attached hydrogen (secondary N) is 1. The average molecular weight is 492 g/mol. The highest BCUT2D eigenvalue weighted by atomic mass is 16.7. The Kier molecular flexibility index (Phi) is 9.61. The fourth-order valence-electron chi connectivity index (χ4n) is 4.27. The lowest BCUT2D eigenvalue weighted by atomic mass is 9.96. The van der Waals surface area contributed by atoms with Crippen LogP contribution < -0.4 is 5.32 Å². The Labute approximate surface area is 212 Å². The highest BCUT2D eigenvalue weighted by Gasteiger charge is 2.48. The second kappa shape index (κ2) is 13.3. The fraction of sp³-hybridized carbons (Fsp3) is 0.345. The Morgan fingerprint density at radius 3 is 1.64 bits per heavy atom. The molecule has 1 fully saturated rings. The van der Waals surface area contributed by atoms with E-state index in [-0.39, 0.29) is 19.1 Å². The maximum atomic E-state index is 12.2. The molecule has 7 heteroatoms. The number of ether oxygens (including phenoxy) is 4. The standard InChI is InChI=1S/C29H33NO6/c1-21(32)30-26-28(34-19-23-13-7-3-8-14-23)27(33-18-22-11-5-2-6-12-22)25(17-31)36-29(26)35-20-24-15-9-4-10-16-24/h2-16,25-29,31H,17-20H2,1H3,(H,30,32)/t25-,26-,27-,28-,29?/m1/s1. The minimum Gasteiger partial charge on any atom is -0.394 e. The van der Waals surface area contributed by atoms with Gasteiger partial charge in [-0.3, -0.25) is 4.79 Å². The van der Waals surface area contributed by atoms with Gasteiger partial charge in [-0.15, -0.1) is 0 Å². The van der Waals surface area contributed by atoms with E-state index >= 15 is 0 Å². The lowest BCUT2D eigenvalue weighted by molar-refractivity contribution is -0.290. The smallest absolute Gasteiger partial charge is 0.217 e. The van der Waals surface area contributed by atoms with Crippen LogP contribution in [0.2, 0.25) is 0 Å². The molecule has 0 spiro atoms. The zero-order valence-electron chi connectivity index (χ0n) is 20.4. The number of aliphatic hydroxyl groups excluding tert-OH is 1. The monoisotopic (exact) mass is 491 g/mol. The molecule has 36 heavy (non-hydrogen) atoms. The van der Waals surface area contributed by atoms with Gasteiger partial charge in [0.15, 0.2) is 6.29 Å². The first-order valence-electron chi connectivity index (χ1n) is 12.1. The minimum absolute atomic E-state index is 0.241. The van der Waals surface area contributed by atoms with Crippen LogP contribution in [0.15, 0.2) is 91.0 Å². The number of carbonyl (C=O) groups excluding carboxylic acids is 1. The Balaban J connectivity index is 1.58. The van der Waals surface area contributed by atoms with E-state index in [0.717, 1.165) is 16.7 Å². The Morgan fingerprint density at radius 1 is 0.750 bits per heavy atom. The van der Waals surface area contributed by atoms with E-state index in [9.17, 15) is 9.90 Å². The van der Waals surface area contributed by atoms with E-state index in [0.29, 0.717) is 13.2 Å². The Morgan fingerprint density at radius 2 is 1.19 bits per heavy atom. The SMILES string of the molecule is CC(=O)N[C@H]1C(OCc2ccccc2)O[C@H](CO)[C@@H](OCc2ccccc2)[C@@H]1OCc1ccccc1. The summed E-state index contributed by atoms with van der Waals surface area (Å²) >= 11 is 0. The van der Waals surface area contributed by atoms with Gasteiger partial charge >= 0.3 is 0 Å². The van der Waals surface area contributed by atoms with E-state index in [2.05, 4.69) is 5.32 Å². The molecule has 4 rings (SSSR count). The molecule has 1 saturated heterocycles. The zero-order chi connectivity index (χ0) is 25.2. The van der Waals surface area contributed by atoms with Gasteiger partial charge in [0.05, 0.1) is 26.4 Å². The molecule has 3 aromatic rings. The van der Waals surface area contributed by atoms with Gasteiger partial charge in [-0.05, 0) is 16.7 Å². The molecule has 0 aliphatic carbocycles. The van der Waals surface area contributed by atoms with Crippen molar-refractivity contribution in [3.05, 3.63) is 108 Å². The lowest BCUT2D eigenvalue weighted by Gasteiger charge is -2.45. The normalized spacial score (nSPS) is 23.8. The topological polar surface area (TPSA) is 86.3 Å². The molecule has 0 radical (unpaired) electrons. The molecule has 0 bridgehead atoms. The average Bonchev–Trinajstić information content (AvgIpc) is 2.92. The van der Waals surface area contributed by atoms with Crippen molar-refractivity contribution in [1.29, 1.82) is 0 Å². The van der Waals surface area contributed by atoms with Gasteiger partial charge in [0, 0.05) is 6.92 Å². The quantitative estimate of drug-likeness (QED) is 0.426. The lowest BCUT2D eigenvalue weighted by Crippen LogP contribution is -2.65. The maximum Gasteiger partial charge on any atom is 0.217 e. The van der Waals surface area contributed by atoms with Gasteiger partial charge in [-0.25, -0.2) is 0 Å². The second-order valence-corrected chi connectivity index (χ2v) is 8.77. The first-order chi connectivity index (χ1) is 17.6.